The zero-order valence-corrected chi connectivity index (χ0v) is 13.7. The molecule has 1 atom stereocenters. The lowest BCUT2D eigenvalue weighted by atomic mass is 9.96. The molecule has 0 aliphatic carbocycles. The molecule has 1 heterocycles. The largest absolute Gasteiger partial charge is 0.262 e. The second kappa shape index (κ2) is 6.31. The first-order valence-electron chi connectivity index (χ1n) is 6.93. The normalized spacial score (nSPS) is 12.9. The average molecular weight is 300 g/mol. The fraction of sp³-hybridized carbons (Fsp3) is 0.438. The molecular weight excluding hydrogens is 280 g/mol. The molecule has 4 nitrogen and oxygen atoms in total. The van der Waals surface area contributed by atoms with E-state index in [0.717, 1.165) is 11.4 Å². The number of thioether (sulfide) groups is 1. The predicted molar refractivity (Wildman–Crippen MR) is 85.2 cm³/mol. The maximum atomic E-state index is 9.33. The standard InChI is InChI=1S/C16H20N4S/c1-11-5-7-12(8-6-11)9-13(10-17)21-15-18-14(19-20-15)16(2,3)4/h5-8,13H,9H2,1-4H3,(H,18,19,20)/t13-/m0/s1. The Morgan fingerprint density at radius 3 is 2.48 bits per heavy atom. The third-order valence-electron chi connectivity index (χ3n) is 3.11. The molecule has 1 aromatic heterocycles. The molecule has 1 N–H and O–H groups in total. The minimum Gasteiger partial charge on any atom is -0.262 e. The first-order valence-corrected chi connectivity index (χ1v) is 7.81. The fourth-order valence-electron chi connectivity index (χ4n) is 1.81. The van der Waals surface area contributed by atoms with Crippen LogP contribution in [0.4, 0.5) is 0 Å². The van der Waals surface area contributed by atoms with Crippen LogP contribution in [0.1, 0.15) is 37.7 Å². The minimum absolute atomic E-state index is 0.0646. The van der Waals surface area contributed by atoms with Gasteiger partial charge in [0.05, 0.1) is 6.07 Å². The molecule has 1 aromatic carbocycles. The summed E-state index contributed by atoms with van der Waals surface area (Å²) < 4.78 is 0. The second-order valence-electron chi connectivity index (χ2n) is 6.14. The summed E-state index contributed by atoms with van der Waals surface area (Å²) in [7, 11) is 0. The van der Waals surface area contributed by atoms with Gasteiger partial charge in [-0.3, -0.25) is 5.10 Å². The molecule has 0 aliphatic heterocycles. The van der Waals surface area contributed by atoms with Crippen molar-refractivity contribution in [3.63, 3.8) is 0 Å². The van der Waals surface area contributed by atoms with E-state index in [1.54, 1.807) is 0 Å². The van der Waals surface area contributed by atoms with Crippen LogP contribution >= 0.6 is 11.8 Å². The summed E-state index contributed by atoms with van der Waals surface area (Å²) in [5, 5.41) is 16.9. The van der Waals surface area contributed by atoms with Gasteiger partial charge in [0.25, 0.3) is 0 Å². The molecular formula is C16H20N4S. The maximum absolute atomic E-state index is 9.33. The first-order chi connectivity index (χ1) is 9.88. The number of benzene rings is 1. The highest BCUT2D eigenvalue weighted by Crippen LogP contribution is 2.25. The fourth-order valence-corrected chi connectivity index (χ4v) is 2.64. The van der Waals surface area contributed by atoms with Crippen LogP contribution in [-0.2, 0) is 11.8 Å². The van der Waals surface area contributed by atoms with Gasteiger partial charge in [-0.1, -0.05) is 62.4 Å². The molecule has 5 heteroatoms. The molecule has 2 aromatic rings. The van der Waals surface area contributed by atoms with Crippen molar-refractivity contribution in [2.75, 3.05) is 0 Å². The van der Waals surface area contributed by atoms with E-state index in [9.17, 15) is 5.26 Å². The Morgan fingerprint density at radius 1 is 1.29 bits per heavy atom. The van der Waals surface area contributed by atoms with Gasteiger partial charge >= 0.3 is 0 Å². The van der Waals surface area contributed by atoms with E-state index in [4.69, 9.17) is 0 Å². The van der Waals surface area contributed by atoms with E-state index in [-0.39, 0.29) is 10.7 Å². The van der Waals surface area contributed by atoms with Crippen molar-refractivity contribution in [1.29, 1.82) is 5.26 Å². The monoisotopic (exact) mass is 300 g/mol. The van der Waals surface area contributed by atoms with Crippen molar-refractivity contribution in [2.24, 2.45) is 0 Å². The van der Waals surface area contributed by atoms with Crippen molar-refractivity contribution >= 4 is 11.8 Å². The summed E-state index contributed by atoms with van der Waals surface area (Å²) >= 11 is 1.41. The van der Waals surface area contributed by atoms with Gasteiger partial charge in [-0.25, -0.2) is 4.98 Å². The van der Waals surface area contributed by atoms with Gasteiger partial charge in [0.1, 0.15) is 11.1 Å². The summed E-state index contributed by atoms with van der Waals surface area (Å²) in [5.74, 6) is 0.844. The predicted octanol–water partition coefficient (Wildman–Crippen LogP) is 3.64. The molecule has 0 saturated heterocycles. The lowest BCUT2D eigenvalue weighted by Gasteiger charge is -2.13. The van der Waals surface area contributed by atoms with Crippen LogP contribution in [-0.4, -0.2) is 20.4 Å². The van der Waals surface area contributed by atoms with Crippen LogP contribution < -0.4 is 0 Å². The Balaban J connectivity index is 2.04. The minimum atomic E-state index is -0.184. The summed E-state index contributed by atoms with van der Waals surface area (Å²) in [4.78, 5) is 4.47. The average Bonchev–Trinajstić information content (AvgIpc) is 2.89. The third kappa shape index (κ3) is 4.33. The molecule has 0 bridgehead atoms. The van der Waals surface area contributed by atoms with E-state index in [1.165, 1.54) is 17.3 Å². The number of aromatic amines is 1. The Morgan fingerprint density at radius 2 is 1.95 bits per heavy atom. The van der Waals surface area contributed by atoms with Crippen LogP contribution in [0.2, 0.25) is 0 Å². The first kappa shape index (κ1) is 15.6. The van der Waals surface area contributed by atoms with E-state index < -0.39 is 0 Å². The zero-order valence-electron chi connectivity index (χ0n) is 12.8. The Bertz CT molecular complexity index is 632. The lowest BCUT2D eigenvalue weighted by Crippen LogP contribution is -2.13. The molecule has 21 heavy (non-hydrogen) atoms. The van der Waals surface area contributed by atoms with Gasteiger partial charge in [0, 0.05) is 5.41 Å². The lowest BCUT2D eigenvalue weighted by molar-refractivity contribution is 0.547. The number of nitrogens with one attached hydrogen (secondary N) is 1. The Labute approximate surface area is 130 Å². The Kier molecular flexibility index (Phi) is 4.69. The highest BCUT2D eigenvalue weighted by Gasteiger charge is 2.20. The van der Waals surface area contributed by atoms with Gasteiger partial charge in [-0.05, 0) is 18.9 Å². The van der Waals surface area contributed by atoms with Gasteiger partial charge in [-0.15, -0.1) is 5.10 Å². The molecule has 0 fully saturated rings. The highest BCUT2D eigenvalue weighted by molar-refractivity contribution is 8.00. The van der Waals surface area contributed by atoms with Crippen molar-refractivity contribution in [2.45, 2.75) is 49.9 Å². The molecule has 2 rings (SSSR count). The number of nitriles is 1. The molecule has 0 aliphatic rings. The highest BCUT2D eigenvalue weighted by atomic mass is 32.2. The number of aryl methyl sites for hydroxylation is 1. The number of hydrogen-bond donors (Lipinski definition) is 1. The van der Waals surface area contributed by atoms with Crippen molar-refractivity contribution in [3.8, 4) is 6.07 Å². The van der Waals surface area contributed by atoms with Crippen LogP contribution in [0.25, 0.3) is 0 Å². The summed E-state index contributed by atoms with van der Waals surface area (Å²) in [5.41, 5.74) is 2.32. The van der Waals surface area contributed by atoms with Crippen LogP contribution in [0.5, 0.6) is 0 Å². The van der Waals surface area contributed by atoms with Gasteiger partial charge in [0.15, 0.2) is 0 Å². The summed E-state index contributed by atoms with van der Waals surface area (Å²) in [6, 6.07) is 10.6. The molecule has 110 valence electrons. The third-order valence-corrected chi connectivity index (χ3v) is 4.06. The second-order valence-corrected chi connectivity index (χ2v) is 7.31. The molecule has 0 amide bonds. The number of aromatic nitrogens is 3. The summed E-state index contributed by atoms with van der Waals surface area (Å²) in [6.07, 6.45) is 0.695. The maximum Gasteiger partial charge on any atom is 0.209 e. The smallest absolute Gasteiger partial charge is 0.209 e. The molecule has 0 unspecified atom stereocenters. The summed E-state index contributed by atoms with van der Waals surface area (Å²) in [6.45, 7) is 8.30. The van der Waals surface area contributed by atoms with E-state index in [2.05, 4.69) is 73.2 Å². The zero-order chi connectivity index (χ0) is 15.5. The number of H-pyrrole nitrogens is 1. The number of nitrogens with zero attached hydrogens (tertiary/aromatic N) is 3. The SMILES string of the molecule is Cc1ccc(C[C@@H](C#N)Sc2n[nH]c(C(C)(C)C)n2)cc1. The van der Waals surface area contributed by atoms with E-state index >= 15 is 0 Å². The molecule has 0 saturated carbocycles. The van der Waals surface area contributed by atoms with Crippen LogP contribution in [0.3, 0.4) is 0 Å². The quantitative estimate of drug-likeness (QED) is 0.876. The van der Waals surface area contributed by atoms with Gasteiger partial charge < -0.3 is 0 Å². The van der Waals surface area contributed by atoms with Gasteiger partial charge in [0.2, 0.25) is 5.16 Å². The van der Waals surface area contributed by atoms with Crippen LogP contribution in [0.15, 0.2) is 29.4 Å². The van der Waals surface area contributed by atoms with E-state index in [1.807, 2.05) is 0 Å². The molecule has 0 radical (unpaired) electrons. The van der Waals surface area contributed by atoms with Crippen molar-refractivity contribution in [1.82, 2.24) is 15.2 Å². The topological polar surface area (TPSA) is 65.4 Å². The van der Waals surface area contributed by atoms with Crippen molar-refractivity contribution in [3.05, 3.63) is 41.2 Å². The Hall–Kier alpha value is -1.80. The van der Waals surface area contributed by atoms with Crippen molar-refractivity contribution < 1.29 is 0 Å². The number of rotatable bonds is 4. The van der Waals surface area contributed by atoms with Gasteiger partial charge in [-0.2, -0.15) is 5.26 Å². The number of hydrogen-bond acceptors (Lipinski definition) is 4. The van der Waals surface area contributed by atoms with Crippen LogP contribution in [0, 0.1) is 18.3 Å². The van der Waals surface area contributed by atoms with E-state index in [0.29, 0.717) is 11.6 Å². The molecule has 0 spiro atoms.